The SMILES string of the molecule is CC(C(=O)O)=C(C)C(=O)NCC(O)CC(C)C. The van der Waals surface area contributed by atoms with E-state index in [-0.39, 0.29) is 17.7 Å². The maximum Gasteiger partial charge on any atom is 0.331 e. The molecular weight excluding hydrogens is 222 g/mol. The number of nitrogens with one attached hydrogen (secondary N) is 1. The van der Waals surface area contributed by atoms with Gasteiger partial charge in [0.1, 0.15) is 0 Å². The average molecular weight is 243 g/mol. The van der Waals surface area contributed by atoms with Crippen LogP contribution in [0.1, 0.15) is 34.1 Å². The van der Waals surface area contributed by atoms with Crippen LogP contribution in [-0.4, -0.2) is 34.7 Å². The molecule has 5 heteroatoms. The van der Waals surface area contributed by atoms with Crippen molar-refractivity contribution in [3.63, 3.8) is 0 Å². The molecule has 0 spiro atoms. The first-order valence-electron chi connectivity index (χ1n) is 5.62. The van der Waals surface area contributed by atoms with Gasteiger partial charge in [0, 0.05) is 17.7 Å². The van der Waals surface area contributed by atoms with Gasteiger partial charge >= 0.3 is 5.97 Å². The van der Waals surface area contributed by atoms with Crippen molar-refractivity contribution < 1.29 is 19.8 Å². The van der Waals surface area contributed by atoms with Crippen LogP contribution < -0.4 is 5.32 Å². The molecule has 1 amide bonds. The molecular formula is C12H21NO4. The Kier molecular flexibility index (Phi) is 6.50. The van der Waals surface area contributed by atoms with E-state index < -0.39 is 18.0 Å². The van der Waals surface area contributed by atoms with Gasteiger partial charge in [-0.15, -0.1) is 0 Å². The summed E-state index contributed by atoms with van der Waals surface area (Å²) in [6.45, 7) is 6.92. The minimum absolute atomic E-state index is 0.0147. The predicted molar refractivity (Wildman–Crippen MR) is 64.5 cm³/mol. The molecule has 3 N–H and O–H groups in total. The van der Waals surface area contributed by atoms with Crippen molar-refractivity contribution in [1.29, 1.82) is 0 Å². The van der Waals surface area contributed by atoms with Crippen molar-refractivity contribution in [2.75, 3.05) is 6.54 Å². The number of hydrogen-bond acceptors (Lipinski definition) is 3. The summed E-state index contributed by atoms with van der Waals surface area (Å²) in [7, 11) is 0. The zero-order chi connectivity index (χ0) is 13.6. The number of carbonyl (C=O) groups is 2. The van der Waals surface area contributed by atoms with Crippen molar-refractivity contribution in [1.82, 2.24) is 5.32 Å². The lowest BCUT2D eigenvalue weighted by atomic mass is 10.1. The minimum atomic E-state index is -1.11. The molecule has 0 aromatic rings. The second-order valence-corrected chi connectivity index (χ2v) is 4.55. The van der Waals surface area contributed by atoms with Crippen LogP contribution in [0.25, 0.3) is 0 Å². The summed E-state index contributed by atoms with van der Waals surface area (Å²) in [6, 6.07) is 0. The van der Waals surface area contributed by atoms with Crippen LogP contribution in [0.5, 0.6) is 0 Å². The number of carboxylic acids is 1. The van der Waals surface area contributed by atoms with E-state index in [1.165, 1.54) is 13.8 Å². The topological polar surface area (TPSA) is 86.6 Å². The Labute approximate surface area is 102 Å². The Balaban J connectivity index is 4.28. The van der Waals surface area contributed by atoms with Gasteiger partial charge in [-0.05, 0) is 26.2 Å². The first kappa shape index (κ1) is 15.6. The van der Waals surface area contributed by atoms with Gasteiger partial charge < -0.3 is 15.5 Å². The Morgan fingerprint density at radius 1 is 1.18 bits per heavy atom. The first-order chi connectivity index (χ1) is 7.75. The van der Waals surface area contributed by atoms with E-state index in [9.17, 15) is 14.7 Å². The summed E-state index contributed by atoms with van der Waals surface area (Å²) >= 11 is 0. The third-order valence-electron chi connectivity index (χ3n) is 2.47. The maximum absolute atomic E-state index is 11.5. The highest BCUT2D eigenvalue weighted by Crippen LogP contribution is 2.05. The standard InChI is InChI=1S/C12H21NO4/c1-7(2)5-10(14)6-13-11(15)8(3)9(4)12(16)17/h7,10,14H,5-6H2,1-4H3,(H,13,15)(H,16,17). The van der Waals surface area contributed by atoms with Gasteiger partial charge in [-0.2, -0.15) is 0 Å². The summed E-state index contributed by atoms with van der Waals surface area (Å²) in [4.78, 5) is 22.2. The molecule has 1 unspecified atom stereocenters. The molecule has 0 saturated heterocycles. The molecule has 17 heavy (non-hydrogen) atoms. The van der Waals surface area contributed by atoms with Crippen LogP contribution in [0.4, 0.5) is 0 Å². The average Bonchev–Trinajstić information content (AvgIpc) is 2.22. The van der Waals surface area contributed by atoms with Crippen LogP contribution >= 0.6 is 0 Å². The largest absolute Gasteiger partial charge is 0.478 e. The summed E-state index contributed by atoms with van der Waals surface area (Å²) in [5.74, 6) is -1.22. The van der Waals surface area contributed by atoms with E-state index >= 15 is 0 Å². The van der Waals surface area contributed by atoms with Crippen molar-refractivity contribution in [2.24, 2.45) is 5.92 Å². The maximum atomic E-state index is 11.5. The summed E-state index contributed by atoms with van der Waals surface area (Å²) in [5, 5.41) is 20.8. The number of aliphatic hydroxyl groups excluding tert-OH is 1. The predicted octanol–water partition coefficient (Wildman–Crippen LogP) is 0.931. The number of carboxylic acid groups (broad SMARTS) is 1. The zero-order valence-corrected chi connectivity index (χ0v) is 10.8. The lowest BCUT2D eigenvalue weighted by Gasteiger charge is -2.14. The summed E-state index contributed by atoms with van der Waals surface area (Å²) in [6.07, 6.45) is -0.00194. The van der Waals surface area contributed by atoms with Gasteiger partial charge in [-0.3, -0.25) is 4.79 Å². The Morgan fingerprint density at radius 3 is 2.12 bits per heavy atom. The highest BCUT2D eigenvalue weighted by Gasteiger charge is 2.14. The molecule has 98 valence electrons. The van der Waals surface area contributed by atoms with E-state index in [0.29, 0.717) is 12.3 Å². The fraction of sp³-hybridized carbons (Fsp3) is 0.667. The zero-order valence-electron chi connectivity index (χ0n) is 10.8. The van der Waals surface area contributed by atoms with Gasteiger partial charge in [0.05, 0.1) is 6.10 Å². The molecule has 0 fully saturated rings. The molecule has 0 saturated carbocycles. The molecule has 0 rings (SSSR count). The highest BCUT2D eigenvalue weighted by molar-refractivity contribution is 6.01. The third-order valence-corrected chi connectivity index (χ3v) is 2.47. The smallest absolute Gasteiger partial charge is 0.331 e. The summed E-state index contributed by atoms with van der Waals surface area (Å²) in [5.41, 5.74) is 0.176. The van der Waals surface area contributed by atoms with Crippen LogP contribution in [0, 0.1) is 5.92 Å². The number of amides is 1. The normalized spacial score (nSPS) is 14.2. The molecule has 0 heterocycles. The molecule has 1 atom stereocenters. The van der Waals surface area contributed by atoms with Gasteiger partial charge in [0.15, 0.2) is 0 Å². The van der Waals surface area contributed by atoms with E-state index in [2.05, 4.69) is 5.32 Å². The van der Waals surface area contributed by atoms with Crippen LogP contribution in [0.2, 0.25) is 0 Å². The minimum Gasteiger partial charge on any atom is -0.478 e. The number of rotatable bonds is 6. The van der Waals surface area contributed by atoms with E-state index in [0.717, 1.165) is 0 Å². The lowest BCUT2D eigenvalue weighted by molar-refractivity contribution is -0.133. The first-order valence-corrected chi connectivity index (χ1v) is 5.62. The number of aliphatic carboxylic acids is 1. The van der Waals surface area contributed by atoms with Gasteiger partial charge in [0.25, 0.3) is 0 Å². The number of hydrogen-bond donors (Lipinski definition) is 3. The summed E-state index contributed by atoms with van der Waals surface area (Å²) < 4.78 is 0. The molecule has 0 radical (unpaired) electrons. The van der Waals surface area contributed by atoms with Gasteiger partial charge in [-0.25, -0.2) is 4.79 Å². The van der Waals surface area contributed by atoms with Crippen molar-refractivity contribution in [3.05, 3.63) is 11.1 Å². The van der Waals surface area contributed by atoms with E-state index in [1.54, 1.807) is 0 Å². The molecule has 0 aliphatic heterocycles. The number of carbonyl (C=O) groups excluding carboxylic acids is 1. The third kappa shape index (κ3) is 6.06. The molecule has 0 aromatic carbocycles. The van der Waals surface area contributed by atoms with Crippen LogP contribution in [-0.2, 0) is 9.59 Å². The number of aliphatic hydroxyl groups is 1. The quantitative estimate of drug-likeness (QED) is 0.606. The van der Waals surface area contributed by atoms with Gasteiger partial charge in [-0.1, -0.05) is 13.8 Å². The van der Waals surface area contributed by atoms with Crippen molar-refractivity contribution >= 4 is 11.9 Å². The Bertz CT molecular complexity index is 320. The molecule has 0 aliphatic rings. The van der Waals surface area contributed by atoms with Crippen molar-refractivity contribution in [2.45, 2.75) is 40.2 Å². The van der Waals surface area contributed by atoms with Crippen LogP contribution in [0.15, 0.2) is 11.1 Å². The second-order valence-electron chi connectivity index (χ2n) is 4.55. The fourth-order valence-electron chi connectivity index (χ4n) is 1.30. The molecule has 0 aliphatic carbocycles. The Hall–Kier alpha value is -1.36. The van der Waals surface area contributed by atoms with E-state index in [4.69, 9.17) is 5.11 Å². The second kappa shape index (κ2) is 7.06. The monoisotopic (exact) mass is 243 g/mol. The molecule has 5 nitrogen and oxygen atoms in total. The fourth-order valence-corrected chi connectivity index (χ4v) is 1.30. The highest BCUT2D eigenvalue weighted by atomic mass is 16.4. The lowest BCUT2D eigenvalue weighted by Crippen LogP contribution is -2.33. The molecule has 0 aromatic heterocycles. The van der Waals surface area contributed by atoms with E-state index in [1.807, 2.05) is 13.8 Å². The molecule has 0 bridgehead atoms. The van der Waals surface area contributed by atoms with Gasteiger partial charge in [0.2, 0.25) is 5.91 Å². The van der Waals surface area contributed by atoms with Crippen LogP contribution in [0.3, 0.4) is 0 Å². The Morgan fingerprint density at radius 2 is 1.71 bits per heavy atom. The van der Waals surface area contributed by atoms with Crippen molar-refractivity contribution in [3.8, 4) is 0 Å².